The van der Waals surface area contributed by atoms with Crippen LogP contribution in [0.4, 0.5) is 0 Å². The molecule has 2 aromatic carbocycles. The largest absolute Gasteiger partial charge is 0.490 e. The van der Waals surface area contributed by atoms with Crippen molar-refractivity contribution in [2.75, 3.05) is 13.7 Å². The van der Waals surface area contributed by atoms with E-state index in [-0.39, 0.29) is 0 Å². The summed E-state index contributed by atoms with van der Waals surface area (Å²) in [6.45, 7) is 8.08. The molecule has 4 heteroatoms. The maximum atomic E-state index is 5.79. The molecule has 0 radical (unpaired) electrons. The first-order chi connectivity index (χ1) is 11.7. The van der Waals surface area contributed by atoms with Gasteiger partial charge < -0.3 is 14.3 Å². The predicted octanol–water partition coefficient (Wildman–Crippen LogP) is 4.33. The molecule has 124 valence electrons. The van der Waals surface area contributed by atoms with E-state index in [1.165, 1.54) is 7.11 Å². The quantitative estimate of drug-likeness (QED) is 0.298. The molecule has 0 spiro atoms. The molecule has 0 unspecified atom stereocenters. The van der Waals surface area contributed by atoms with Gasteiger partial charge in [0.1, 0.15) is 37.5 Å². The van der Waals surface area contributed by atoms with Gasteiger partial charge in [-0.3, -0.25) is 0 Å². The van der Waals surface area contributed by atoms with Gasteiger partial charge >= 0.3 is 0 Å². The van der Waals surface area contributed by atoms with Crippen LogP contribution >= 0.6 is 0 Å². The molecule has 0 aliphatic rings. The van der Waals surface area contributed by atoms with Crippen molar-refractivity contribution in [2.24, 2.45) is 5.16 Å². The summed E-state index contributed by atoms with van der Waals surface area (Å²) in [4.78, 5) is 4.91. The number of ether oxygens (including phenoxy) is 2. The van der Waals surface area contributed by atoms with E-state index in [4.69, 9.17) is 14.3 Å². The first-order valence-corrected chi connectivity index (χ1v) is 7.54. The second kappa shape index (κ2) is 9.20. The van der Waals surface area contributed by atoms with Gasteiger partial charge in [-0.15, -0.1) is 0 Å². The zero-order valence-electron chi connectivity index (χ0n) is 13.8. The highest BCUT2D eigenvalue weighted by Gasteiger charge is 2.06. The number of hydrogen-bond donors (Lipinski definition) is 0. The fourth-order valence-electron chi connectivity index (χ4n) is 1.97. The number of oxime groups is 1. The standard InChI is InChI=1S/C20H21NO3/c1-4-16(2)23-14-17-10-12-19(13-11-17)24-15-20(21-22-3)18-8-6-5-7-9-18/h4-13H,1-2,14-15H2,3H3. The molecule has 0 atom stereocenters. The Morgan fingerprint density at radius 3 is 2.42 bits per heavy atom. The van der Waals surface area contributed by atoms with Crippen molar-refractivity contribution >= 4 is 5.71 Å². The predicted molar refractivity (Wildman–Crippen MR) is 96.1 cm³/mol. The van der Waals surface area contributed by atoms with Crippen LogP contribution in [-0.2, 0) is 16.2 Å². The highest BCUT2D eigenvalue weighted by atomic mass is 16.6. The highest BCUT2D eigenvalue weighted by Crippen LogP contribution is 2.14. The summed E-state index contributed by atoms with van der Waals surface area (Å²) in [6, 6.07) is 17.5. The maximum Gasteiger partial charge on any atom is 0.134 e. The van der Waals surface area contributed by atoms with Crippen LogP contribution in [0.2, 0.25) is 0 Å². The highest BCUT2D eigenvalue weighted by molar-refractivity contribution is 6.01. The normalized spacial score (nSPS) is 10.8. The van der Waals surface area contributed by atoms with E-state index in [2.05, 4.69) is 18.3 Å². The van der Waals surface area contributed by atoms with E-state index in [9.17, 15) is 0 Å². The molecule has 0 saturated carbocycles. The molecule has 0 aliphatic heterocycles. The van der Waals surface area contributed by atoms with E-state index < -0.39 is 0 Å². The molecule has 0 N–H and O–H groups in total. The minimum absolute atomic E-state index is 0.320. The Morgan fingerprint density at radius 2 is 1.79 bits per heavy atom. The number of allylic oxidation sites excluding steroid dienone is 1. The maximum absolute atomic E-state index is 5.79. The van der Waals surface area contributed by atoms with Gasteiger partial charge in [0.25, 0.3) is 0 Å². The first-order valence-electron chi connectivity index (χ1n) is 7.54. The van der Waals surface area contributed by atoms with Crippen LogP contribution in [-0.4, -0.2) is 19.4 Å². The SMILES string of the molecule is C=CC(=C)OCc1ccc(OCC(=NOC)c2ccccc2)cc1. The number of rotatable bonds is 9. The van der Waals surface area contributed by atoms with Crippen molar-refractivity contribution < 1.29 is 14.3 Å². The van der Waals surface area contributed by atoms with Gasteiger partial charge in [0.15, 0.2) is 0 Å². The Bertz CT molecular complexity index is 691. The van der Waals surface area contributed by atoms with Crippen LogP contribution in [0.25, 0.3) is 0 Å². The van der Waals surface area contributed by atoms with Crippen LogP contribution in [0, 0.1) is 0 Å². The van der Waals surface area contributed by atoms with Crippen LogP contribution in [0.5, 0.6) is 5.75 Å². The van der Waals surface area contributed by atoms with Crippen molar-refractivity contribution in [3.63, 3.8) is 0 Å². The van der Waals surface area contributed by atoms with E-state index in [0.29, 0.717) is 19.0 Å². The molecule has 24 heavy (non-hydrogen) atoms. The average molecular weight is 323 g/mol. The fourth-order valence-corrected chi connectivity index (χ4v) is 1.97. The zero-order chi connectivity index (χ0) is 17.2. The molecular formula is C20H21NO3. The summed E-state index contributed by atoms with van der Waals surface area (Å²) in [5.41, 5.74) is 2.72. The Balaban J connectivity index is 1.94. The zero-order valence-corrected chi connectivity index (χ0v) is 13.8. The van der Waals surface area contributed by atoms with Gasteiger partial charge in [0.2, 0.25) is 0 Å². The molecule has 0 heterocycles. The van der Waals surface area contributed by atoms with Crippen molar-refractivity contribution in [1.82, 2.24) is 0 Å². The Labute approximate surface area is 142 Å². The summed E-state index contributed by atoms with van der Waals surface area (Å²) < 4.78 is 11.2. The van der Waals surface area contributed by atoms with E-state index in [1.807, 2.05) is 54.6 Å². The Hall–Kier alpha value is -3.01. The summed E-state index contributed by atoms with van der Waals surface area (Å²) in [6.07, 6.45) is 1.58. The van der Waals surface area contributed by atoms with Gasteiger partial charge in [-0.05, 0) is 23.8 Å². The van der Waals surface area contributed by atoms with Crippen LogP contribution < -0.4 is 4.74 Å². The summed E-state index contributed by atoms with van der Waals surface area (Å²) >= 11 is 0. The summed E-state index contributed by atoms with van der Waals surface area (Å²) in [7, 11) is 1.52. The number of benzene rings is 2. The van der Waals surface area contributed by atoms with Gasteiger partial charge in [-0.1, -0.05) is 60.8 Å². The van der Waals surface area contributed by atoms with Gasteiger partial charge in [0.05, 0.1) is 0 Å². The van der Waals surface area contributed by atoms with Crippen molar-refractivity contribution in [3.8, 4) is 5.75 Å². The first kappa shape index (κ1) is 17.3. The van der Waals surface area contributed by atoms with Crippen molar-refractivity contribution in [3.05, 3.63) is 90.7 Å². The smallest absolute Gasteiger partial charge is 0.134 e. The third kappa shape index (κ3) is 5.32. The monoisotopic (exact) mass is 323 g/mol. The topological polar surface area (TPSA) is 40.0 Å². The van der Waals surface area contributed by atoms with Gasteiger partial charge in [0, 0.05) is 5.56 Å². The minimum Gasteiger partial charge on any atom is -0.490 e. The molecule has 0 amide bonds. The molecule has 2 aromatic rings. The lowest BCUT2D eigenvalue weighted by atomic mass is 10.1. The molecule has 2 rings (SSSR count). The molecule has 0 bridgehead atoms. The van der Waals surface area contributed by atoms with Gasteiger partial charge in [-0.2, -0.15) is 0 Å². The molecule has 4 nitrogen and oxygen atoms in total. The number of nitrogens with zero attached hydrogens (tertiary/aromatic N) is 1. The Kier molecular flexibility index (Phi) is 6.65. The number of hydrogen-bond acceptors (Lipinski definition) is 4. The fraction of sp³-hybridized carbons (Fsp3) is 0.150. The lowest BCUT2D eigenvalue weighted by Crippen LogP contribution is -2.13. The molecular weight excluding hydrogens is 302 g/mol. The van der Waals surface area contributed by atoms with Crippen LogP contribution in [0.3, 0.4) is 0 Å². The molecule has 0 fully saturated rings. The van der Waals surface area contributed by atoms with E-state index in [1.54, 1.807) is 6.08 Å². The summed E-state index contributed by atoms with van der Waals surface area (Å²) in [5, 5.41) is 4.04. The molecule has 0 aliphatic carbocycles. The van der Waals surface area contributed by atoms with Gasteiger partial charge in [-0.25, -0.2) is 0 Å². The minimum atomic E-state index is 0.320. The second-order valence-electron chi connectivity index (χ2n) is 4.98. The lowest BCUT2D eigenvalue weighted by molar-refractivity contribution is 0.210. The molecule has 0 aromatic heterocycles. The van der Waals surface area contributed by atoms with Crippen LogP contribution in [0.15, 0.2) is 84.7 Å². The lowest BCUT2D eigenvalue weighted by Gasteiger charge is -2.10. The third-order valence-corrected chi connectivity index (χ3v) is 3.26. The average Bonchev–Trinajstić information content (AvgIpc) is 2.64. The summed E-state index contributed by atoms with van der Waals surface area (Å²) in [5.74, 6) is 1.31. The van der Waals surface area contributed by atoms with Crippen molar-refractivity contribution in [2.45, 2.75) is 6.61 Å². The van der Waals surface area contributed by atoms with E-state index in [0.717, 1.165) is 22.6 Å². The third-order valence-electron chi connectivity index (χ3n) is 3.26. The van der Waals surface area contributed by atoms with E-state index >= 15 is 0 Å². The second-order valence-corrected chi connectivity index (χ2v) is 4.98. The van der Waals surface area contributed by atoms with Crippen LogP contribution in [0.1, 0.15) is 11.1 Å². The molecule has 0 saturated heterocycles. The Morgan fingerprint density at radius 1 is 1.08 bits per heavy atom. The van der Waals surface area contributed by atoms with Crippen molar-refractivity contribution in [1.29, 1.82) is 0 Å².